The molecule has 11 heteroatoms. The van der Waals surface area contributed by atoms with Crippen LogP contribution in [0.15, 0.2) is 12.3 Å². The molecule has 9 rings (SSSR count). The predicted octanol–water partition coefficient (Wildman–Crippen LogP) is 24.3. The lowest BCUT2D eigenvalue weighted by Gasteiger charge is -2.37. The zero-order valence-electron chi connectivity index (χ0n) is 57.1. The third-order valence-corrected chi connectivity index (χ3v) is 25.8. The molecule has 0 spiro atoms. The van der Waals surface area contributed by atoms with Crippen LogP contribution >= 0.6 is 0 Å². The van der Waals surface area contributed by atoms with E-state index in [0.717, 1.165) is 127 Å². The molecule has 0 atom stereocenters. The van der Waals surface area contributed by atoms with E-state index in [-0.39, 0.29) is 66.8 Å². The van der Waals surface area contributed by atoms with Gasteiger partial charge in [-0.05, 0) is 190 Å². The molecule has 9 aliphatic rings. The molecule has 11 nitrogen and oxygen atoms in total. The van der Waals surface area contributed by atoms with Crippen molar-refractivity contribution in [3.8, 4) is 0 Å². The Bertz CT molecular complexity index is 2000. The Balaban J connectivity index is -0.00000135. The van der Waals surface area contributed by atoms with Gasteiger partial charge in [-0.25, -0.2) is 14.4 Å². The lowest BCUT2D eigenvalue weighted by atomic mass is 9.69. The van der Waals surface area contributed by atoms with Gasteiger partial charge in [0.2, 0.25) is 0 Å². The summed E-state index contributed by atoms with van der Waals surface area (Å²) in [6, 6.07) is 0. The molecule has 9 fully saturated rings. The van der Waals surface area contributed by atoms with Gasteiger partial charge in [-0.15, -0.1) is 0 Å². The van der Waals surface area contributed by atoms with Crippen LogP contribution in [-0.2, 0) is 38.2 Å². The van der Waals surface area contributed by atoms with Crippen LogP contribution in [0.5, 0.6) is 0 Å². The van der Waals surface area contributed by atoms with Crippen molar-refractivity contribution < 1.29 is 53.5 Å². The Kier molecular flexibility index (Phi) is 55.6. The smallest absolute Gasteiger partial charge is 0.377 e. The maximum atomic E-state index is 11.5. The van der Waals surface area contributed by atoms with Crippen LogP contribution in [0, 0.1) is 107 Å². The van der Waals surface area contributed by atoms with Crippen molar-refractivity contribution in [3.05, 3.63) is 12.3 Å². The minimum Gasteiger partial charge on any atom is -0.502 e. The maximum Gasteiger partial charge on any atom is 0.377 e. The molecule has 0 aliphatic heterocycles. The average Bonchev–Trinajstić information content (AvgIpc) is 0.901. The molecule has 98 heavy (non-hydrogen) atoms. The molecule has 9 aliphatic carbocycles. The van der Waals surface area contributed by atoms with Gasteiger partial charge in [0.15, 0.2) is 5.76 Å². The van der Waals surface area contributed by atoms with E-state index in [1.54, 1.807) is 6.42 Å². The first-order valence-electron chi connectivity index (χ1n) is 38.3. The highest BCUT2D eigenvalue weighted by molar-refractivity contribution is 6.34. The summed E-state index contributed by atoms with van der Waals surface area (Å²) in [4.78, 5) is 56.2. The highest BCUT2D eigenvalue weighted by atomic mass is 16.6. The van der Waals surface area contributed by atoms with Crippen LogP contribution in [0.2, 0.25) is 0 Å². The van der Waals surface area contributed by atoms with Gasteiger partial charge in [-0.2, -0.15) is 0 Å². The number of ketones is 2. The molecule has 0 saturated heterocycles. The first-order valence-corrected chi connectivity index (χ1v) is 38.3. The van der Waals surface area contributed by atoms with E-state index in [9.17, 15) is 24.0 Å². The number of ether oxygens (including phenoxy) is 3. The molecule has 9 saturated carbocycles. The fraction of sp³-hybridized carbons (Fsp3) is 0.920. The van der Waals surface area contributed by atoms with Crippen LogP contribution in [0.3, 0.4) is 0 Å². The third-order valence-electron chi connectivity index (χ3n) is 25.8. The van der Waals surface area contributed by atoms with Gasteiger partial charge in [0, 0.05) is 0 Å². The number of carbonyl (C=O) groups is 5. The Labute approximate surface area is 608 Å². The van der Waals surface area contributed by atoms with Crippen LogP contribution in [0.25, 0.3) is 0 Å². The molecule has 0 aromatic rings. The van der Waals surface area contributed by atoms with Gasteiger partial charge in [0.1, 0.15) is 13.2 Å². The van der Waals surface area contributed by atoms with Crippen molar-refractivity contribution in [2.24, 2.45) is 107 Å². The number of aliphatic hydroxyl groups is 3. The minimum atomic E-state index is -0.887. The summed E-state index contributed by atoms with van der Waals surface area (Å²) in [6.07, 6.45) is 62.6. The van der Waals surface area contributed by atoms with Crippen molar-refractivity contribution in [1.82, 2.24) is 0 Å². The Hall–Kier alpha value is -2.79. The fourth-order valence-electron chi connectivity index (χ4n) is 19.4. The topological polar surface area (TPSA) is 174 Å². The lowest BCUT2D eigenvalue weighted by molar-refractivity contribution is -0.156. The Morgan fingerprint density at radius 3 is 0.520 bits per heavy atom. The number of aliphatic hydroxyl groups excluding tert-OH is 3. The van der Waals surface area contributed by atoms with Crippen molar-refractivity contribution in [1.29, 1.82) is 0 Å². The van der Waals surface area contributed by atoms with Crippen LogP contribution in [0.1, 0.15) is 377 Å². The summed E-state index contributed by atoms with van der Waals surface area (Å²) < 4.78 is 15.2. The molecule has 0 aromatic carbocycles. The quantitative estimate of drug-likeness (QED) is 0.0247. The predicted molar refractivity (Wildman–Crippen MR) is 417 cm³/mol. The van der Waals surface area contributed by atoms with Crippen molar-refractivity contribution in [2.45, 2.75) is 377 Å². The van der Waals surface area contributed by atoms with E-state index in [1.807, 2.05) is 0 Å². The van der Waals surface area contributed by atoms with Gasteiger partial charge in [-0.1, -0.05) is 299 Å². The van der Waals surface area contributed by atoms with Gasteiger partial charge in [-0.3, -0.25) is 9.59 Å². The van der Waals surface area contributed by atoms with Crippen LogP contribution < -0.4 is 0 Å². The zero-order chi connectivity index (χ0) is 63.3. The highest BCUT2D eigenvalue weighted by Gasteiger charge is 2.34. The van der Waals surface area contributed by atoms with Gasteiger partial charge < -0.3 is 29.5 Å². The summed E-state index contributed by atoms with van der Waals surface area (Å²) >= 11 is 0. The normalized spacial score (nSPS) is 32.0. The monoisotopic (exact) mass is 1390 g/mol. The number of hydrogen-bond donors (Lipinski definition) is 3. The molecule has 582 valence electrons. The standard InChI is InChI=1S/C33H56O4.C26H44O3.C19H32O4.9CH4/c1-2-24-3-5-25(6-4-24)19-26-7-9-27(10-8-26)20-28-11-13-29(14-12-28)21-30-15-17-31(18-16-30)23-37-33(36)32(35)22-34;1-3-20-4-6-21(7-5-20)16-22-8-10-23(11-9-22)17-24-12-14-25(15-13-24)18-29-26(28)19(2)27;1-2-14-3-5-15(6-4-14)11-16-7-9-17(10-8-16)13-23-19(22)18(21)12-20;;;;;;;;;/h24-31,34H,2-23H2,1H3;20-25,27H,2-18H2,1H3;14-17,20H,2-13H2,1H3;9*1H4. The highest BCUT2D eigenvalue weighted by Crippen LogP contribution is 2.46. The number of rotatable bonds is 26. The zero-order valence-corrected chi connectivity index (χ0v) is 57.1. The van der Waals surface area contributed by atoms with Crippen LogP contribution in [0.4, 0.5) is 0 Å². The molecule has 0 unspecified atom stereocenters. The molecule has 0 radical (unpaired) electrons. The molecule has 0 heterocycles. The van der Waals surface area contributed by atoms with E-state index < -0.39 is 48.4 Å². The molecule has 0 bridgehead atoms. The maximum absolute atomic E-state index is 11.5. The first-order chi connectivity index (χ1) is 43.2. The van der Waals surface area contributed by atoms with E-state index >= 15 is 0 Å². The van der Waals surface area contributed by atoms with Crippen molar-refractivity contribution in [2.75, 3.05) is 33.0 Å². The number of Topliss-reactive ketones (excluding diaryl/α,β-unsaturated/α-hetero) is 2. The van der Waals surface area contributed by atoms with Gasteiger partial charge >= 0.3 is 17.9 Å². The fourth-order valence-corrected chi connectivity index (χ4v) is 19.4. The number of esters is 3. The third kappa shape index (κ3) is 36.1. The molecule has 3 N–H and O–H groups in total. The van der Waals surface area contributed by atoms with E-state index in [1.165, 1.54) is 244 Å². The van der Waals surface area contributed by atoms with Crippen LogP contribution in [-0.4, -0.2) is 77.8 Å². The minimum absolute atomic E-state index is 0. The molecular formula is C87H168O11. The first kappa shape index (κ1) is 99.4. The van der Waals surface area contributed by atoms with Crippen molar-refractivity contribution in [3.63, 3.8) is 0 Å². The lowest BCUT2D eigenvalue weighted by Crippen LogP contribution is -2.26. The summed E-state index contributed by atoms with van der Waals surface area (Å²) in [5.74, 6) is 11.2. The van der Waals surface area contributed by atoms with E-state index in [2.05, 4.69) is 27.4 Å². The second-order valence-corrected chi connectivity index (χ2v) is 32.0. The van der Waals surface area contributed by atoms with Gasteiger partial charge in [0.05, 0.1) is 19.8 Å². The van der Waals surface area contributed by atoms with Crippen molar-refractivity contribution >= 4 is 29.5 Å². The Morgan fingerprint density at radius 1 is 0.255 bits per heavy atom. The molecule has 0 amide bonds. The second kappa shape index (κ2) is 54.8. The Morgan fingerprint density at radius 2 is 0.388 bits per heavy atom. The van der Waals surface area contributed by atoms with E-state index in [0.29, 0.717) is 37.6 Å². The number of hydrogen-bond acceptors (Lipinski definition) is 11. The number of carbonyl (C=O) groups excluding carboxylic acids is 5. The summed E-state index contributed by atoms with van der Waals surface area (Å²) in [7, 11) is 0. The average molecular weight is 1390 g/mol. The van der Waals surface area contributed by atoms with E-state index in [4.69, 9.17) is 29.5 Å². The molecular weight excluding hydrogens is 1220 g/mol. The molecule has 0 aromatic heterocycles. The summed E-state index contributed by atoms with van der Waals surface area (Å²) in [5.41, 5.74) is 0. The van der Waals surface area contributed by atoms with Gasteiger partial charge in [0.25, 0.3) is 11.6 Å². The second-order valence-electron chi connectivity index (χ2n) is 32.0. The summed E-state index contributed by atoms with van der Waals surface area (Å²) in [5, 5.41) is 26.4. The summed E-state index contributed by atoms with van der Waals surface area (Å²) in [6.45, 7) is 9.87. The largest absolute Gasteiger partial charge is 0.502 e. The SMILES string of the molecule is C.C.C.C.C.C.C.C.C.C=C(O)C(=O)OCC1CCC(CC2CCC(CC3CCC(CC)CC3)CC2)CC1.CCC1CCC(CC2CCC(CC3CCC(CC4CCC(COC(=O)C(=O)CO)CC4)CC3)CC2)CC1.CCC1CCC(CC2CCC(COC(=O)C(=O)CO)CC2)CC1.